The van der Waals surface area contributed by atoms with E-state index in [-0.39, 0.29) is 11.6 Å². The maximum absolute atomic E-state index is 12.1. The van der Waals surface area contributed by atoms with Crippen molar-refractivity contribution in [3.8, 4) is 11.6 Å². The Balaban J connectivity index is 1.97. The van der Waals surface area contributed by atoms with Gasteiger partial charge in [0.05, 0.1) is 0 Å². The van der Waals surface area contributed by atoms with Gasteiger partial charge in [-0.25, -0.2) is 13.8 Å². The predicted octanol–water partition coefficient (Wildman–Crippen LogP) is 2.32. The van der Waals surface area contributed by atoms with Crippen LogP contribution in [-0.2, 0) is 0 Å². The van der Waals surface area contributed by atoms with Crippen LogP contribution in [0, 0.1) is 0 Å². The average Bonchev–Trinajstić information content (AvgIpc) is 2.59. The summed E-state index contributed by atoms with van der Waals surface area (Å²) in [5.74, 6) is 0.126. The number of aromatic nitrogens is 1. The third-order valence-corrected chi connectivity index (χ3v) is 2.81. The molecule has 0 aliphatic heterocycles. The molecule has 0 unspecified atom stereocenters. The predicted molar refractivity (Wildman–Crippen MR) is 84.7 cm³/mol. The number of carbonyl (C=O) groups is 1. The zero-order valence-electron chi connectivity index (χ0n) is 12.7. The van der Waals surface area contributed by atoms with E-state index >= 15 is 0 Å². The van der Waals surface area contributed by atoms with Crippen molar-refractivity contribution in [3.63, 3.8) is 0 Å². The van der Waals surface area contributed by atoms with Crippen molar-refractivity contribution in [2.75, 3.05) is 25.1 Å². The first-order chi connectivity index (χ1) is 11.6. The topological polar surface area (TPSA) is 86.5 Å². The molecule has 1 aromatic heterocycles. The van der Waals surface area contributed by atoms with Crippen molar-refractivity contribution in [1.82, 2.24) is 4.98 Å². The van der Waals surface area contributed by atoms with Crippen LogP contribution in [0.5, 0.6) is 11.6 Å². The Morgan fingerprint density at radius 3 is 2.58 bits per heavy atom. The van der Waals surface area contributed by atoms with E-state index in [9.17, 15) is 13.6 Å². The van der Waals surface area contributed by atoms with Gasteiger partial charge in [-0.3, -0.25) is 4.79 Å². The van der Waals surface area contributed by atoms with Gasteiger partial charge in [-0.05, 0) is 30.3 Å². The van der Waals surface area contributed by atoms with E-state index in [1.807, 2.05) is 0 Å². The second kappa shape index (κ2) is 8.78. The first kappa shape index (κ1) is 17.6. The van der Waals surface area contributed by atoms with Crippen LogP contribution in [0.4, 0.5) is 14.5 Å². The number of amides is 1. The van der Waals surface area contributed by atoms with E-state index in [4.69, 9.17) is 15.2 Å². The fourth-order valence-corrected chi connectivity index (χ4v) is 1.78. The zero-order chi connectivity index (χ0) is 17.4. The number of rotatable bonds is 8. The third kappa shape index (κ3) is 5.47. The molecule has 128 valence electrons. The molecule has 0 saturated carbocycles. The molecule has 6 nitrogen and oxygen atoms in total. The lowest BCUT2D eigenvalue weighted by atomic mass is 10.2. The molecule has 1 amide bonds. The van der Waals surface area contributed by atoms with E-state index in [1.165, 1.54) is 18.2 Å². The number of anilines is 1. The summed E-state index contributed by atoms with van der Waals surface area (Å²) in [6.45, 7) is 0.0392. The van der Waals surface area contributed by atoms with Crippen LogP contribution >= 0.6 is 0 Å². The summed E-state index contributed by atoms with van der Waals surface area (Å²) in [7, 11) is 0. The molecule has 0 bridgehead atoms. The maximum atomic E-state index is 12.1. The van der Waals surface area contributed by atoms with Gasteiger partial charge < -0.3 is 20.5 Å². The summed E-state index contributed by atoms with van der Waals surface area (Å²) < 4.78 is 34.4. The van der Waals surface area contributed by atoms with Crippen LogP contribution in [0.2, 0.25) is 0 Å². The van der Waals surface area contributed by atoms with Gasteiger partial charge in [0.2, 0.25) is 5.88 Å². The number of nitrogens with two attached hydrogens (primary N) is 1. The molecule has 2 aromatic rings. The number of nitrogens with zero attached hydrogens (tertiary/aromatic N) is 1. The van der Waals surface area contributed by atoms with Crippen molar-refractivity contribution in [3.05, 3.63) is 48.2 Å². The van der Waals surface area contributed by atoms with Gasteiger partial charge in [0, 0.05) is 18.3 Å². The van der Waals surface area contributed by atoms with E-state index in [2.05, 4.69) is 10.3 Å². The summed E-state index contributed by atoms with van der Waals surface area (Å²) in [4.78, 5) is 16.0. The molecule has 0 radical (unpaired) electrons. The van der Waals surface area contributed by atoms with Gasteiger partial charge in [0.1, 0.15) is 18.1 Å². The minimum Gasteiger partial charge on any atom is -0.492 e. The van der Waals surface area contributed by atoms with Crippen molar-refractivity contribution < 1.29 is 23.0 Å². The first-order valence-corrected chi connectivity index (χ1v) is 7.21. The number of carbonyl (C=O) groups excluding carboxylic acids is 1. The van der Waals surface area contributed by atoms with E-state index in [1.54, 1.807) is 24.3 Å². The minimum atomic E-state index is -2.61. The number of benzene rings is 1. The van der Waals surface area contributed by atoms with Crippen LogP contribution in [0.15, 0.2) is 42.5 Å². The standard InChI is InChI=1S/C16H17F2N3O3/c17-14(18)10-24-15-3-1-2-13(21-15)16(22)20-11-4-6-12(7-5-11)23-9-8-19/h1-7,14H,8-10,19H2,(H,20,22). The molecule has 1 aromatic carbocycles. The average molecular weight is 337 g/mol. The Bertz CT molecular complexity index is 666. The molecular formula is C16H17F2N3O3. The maximum Gasteiger partial charge on any atom is 0.274 e. The lowest BCUT2D eigenvalue weighted by Crippen LogP contribution is -2.15. The monoisotopic (exact) mass is 337 g/mol. The van der Waals surface area contributed by atoms with Crippen molar-refractivity contribution in [1.29, 1.82) is 0 Å². The number of pyridine rings is 1. The van der Waals surface area contributed by atoms with Crippen LogP contribution in [0.25, 0.3) is 0 Å². The van der Waals surface area contributed by atoms with Gasteiger partial charge in [0.15, 0.2) is 6.61 Å². The van der Waals surface area contributed by atoms with Crippen molar-refractivity contribution in [2.45, 2.75) is 6.43 Å². The minimum absolute atomic E-state index is 0.0338. The summed E-state index contributed by atoms with van der Waals surface area (Å²) in [5.41, 5.74) is 5.95. The van der Waals surface area contributed by atoms with Crippen molar-refractivity contribution >= 4 is 11.6 Å². The largest absolute Gasteiger partial charge is 0.492 e. The van der Waals surface area contributed by atoms with Crippen molar-refractivity contribution in [2.24, 2.45) is 5.73 Å². The molecule has 2 rings (SSSR count). The van der Waals surface area contributed by atoms with Gasteiger partial charge >= 0.3 is 0 Å². The fourth-order valence-electron chi connectivity index (χ4n) is 1.78. The highest BCUT2D eigenvalue weighted by atomic mass is 19.3. The molecule has 24 heavy (non-hydrogen) atoms. The summed E-state index contributed by atoms with van der Waals surface area (Å²) in [6.07, 6.45) is -2.61. The number of hydrogen-bond acceptors (Lipinski definition) is 5. The highest BCUT2D eigenvalue weighted by Crippen LogP contribution is 2.17. The van der Waals surface area contributed by atoms with Crippen LogP contribution in [0.3, 0.4) is 0 Å². The summed E-state index contributed by atoms with van der Waals surface area (Å²) in [5, 5.41) is 2.65. The number of nitrogens with one attached hydrogen (secondary N) is 1. The zero-order valence-corrected chi connectivity index (χ0v) is 12.7. The Labute approximate surface area is 137 Å². The van der Waals surface area contributed by atoms with Crippen LogP contribution in [-0.4, -0.2) is 37.1 Å². The molecule has 0 aliphatic rings. The second-order valence-electron chi connectivity index (χ2n) is 4.68. The fraction of sp³-hybridized carbons (Fsp3) is 0.250. The Morgan fingerprint density at radius 1 is 1.17 bits per heavy atom. The second-order valence-corrected chi connectivity index (χ2v) is 4.68. The first-order valence-electron chi connectivity index (χ1n) is 7.21. The Hall–Kier alpha value is -2.74. The summed E-state index contributed by atoms with van der Waals surface area (Å²) in [6, 6.07) is 11.1. The van der Waals surface area contributed by atoms with Gasteiger partial charge in [-0.2, -0.15) is 0 Å². The van der Waals surface area contributed by atoms with E-state index < -0.39 is 18.9 Å². The molecule has 0 atom stereocenters. The highest BCUT2D eigenvalue weighted by Gasteiger charge is 2.10. The van der Waals surface area contributed by atoms with Crippen LogP contribution in [0.1, 0.15) is 10.5 Å². The third-order valence-electron chi connectivity index (χ3n) is 2.81. The lowest BCUT2D eigenvalue weighted by Gasteiger charge is -2.08. The highest BCUT2D eigenvalue weighted by molar-refractivity contribution is 6.02. The number of hydrogen-bond donors (Lipinski definition) is 2. The van der Waals surface area contributed by atoms with Gasteiger partial charge in [-0.15, -0.1) is 0 Å². The molecule has 0 aliphatic carbocycles. The Kier molecular flexibility index (Phi) is 6.44. The van der Waals surface area contributed by atoms with Gasteiger partial charge in [0.25, 0.3) is 12.3 Å². The molecule has 0 spiro atoms. The van der Waals surface area contributed by atoms with Crippen LogP contribution < -0.4 is 20.5 Å². The van der Waals surface area contributed by atoms with E-state index in [0.29, 0.717) is 24.6 Å². The van der Waals surface area contributed by atoms with E-state index in [0.717, 1.165) is 0 Å². The molecular weight excluding hydrogens is 320 g/mol. The number of ether oxygens (including phenoxy) is 2. The molecule has 0 fully saturated rings. The number of halogens is 2. The molecule has 8 heteroatoms. The molecule has 3 N–H and O–H groups in total. The smallest absolute Gasteiger partial charge is 0.274 e. The number of alkyl halides is 2. The molecule has 1 heterocycles. The normalized spacial score (nSPS) is 10.5. The van der Waals surface area contributed by atoms with Gasteiger partial charge in [-0.1, -0.05) is 6.07 Å². The SMILES string of the molecule is NCCOc1ccc(NC(=O)c2cccc(OCC(F)F)n2)cc1. The quantitative estimate of drug-likeness (QED) is 0.772. The summed E-state index contributed by atoms with van der Waals surface area (Å²) >= 11 is 0. The Morgan fingerprint density at radius 2 is 1.92 bits per heavy atom. The lowest BCUT2D eigenvalue weighted by molar-refractivity contribution is 0.0794. The molecule has 0 saturated heterocycles.